The standard InChI is InChI=1S/C16H22ClN3/c1-2-19-11-13-5-7-20(8-6-13)12-15-4-3-14(10-18)9-16(15)17/h3-4,9,13,19H,2,5-8,11-12H2,1H3. The molecule has 0 atom stereocenters. The third kappa shape index (κ3) is 4.21. The number of benzene rings is 1. The quantitative estimate of drug-likeness (QED) is 0.906. The first-order valence-corrected chi connectivity index (χ1v) is 7.72. The average molecular weight is 292 g/mol. The van der Waals surface area contributed by atoms with Crippen LogP contribution in [-0.2, 0) is 6.54 Å². The van der Waals surface area contributed by atoms with Gasteiger partial charge in [0.1, 0.15) is 0 Å². The van der Waals surface area contributed by atoms with E-state index in [-0.39, 0.29) is 0 Å². The molecule has 108 valence electrons. The van der Waals surface area contributed by atoms with Gasteiger partial charge in [-0.25, -0.2) is 0 Å². The number of rotatable bonds is 5. The normalized spacial score (nSPS) is 17.1. The molecule has 20 heavy (non-hydrogen) atoms. The lowest BCUT2D eigenvalue weighted by atomic mass is 9.96. The number of hydrogen-bond donors (Lipinski definition) is 1. The molecule has 1 fully saturated rings. The fourth-order valence-electron chi connectivity index (χ4n) is 2.68. The van der Waals surface area contributed by atoms with Crippen molar-refractivity contribution in [2.24, 2.45) is 5.92 Å². The average Bonchev–Trinajstić information content (AvgIpc) is 2.48. The van der Waals surface area contributed by atoms with Crippen molar-refractivity contribution in [2.45, 2.75) is 26.3 Å². The fraction of sp³-hybridized carbons (Fsp3) is 0.562. The molecule has 0 aliphatic carbocycles. The summed E-state index contributed by atoms with van der Waals surface area (Å²) in [6.45, 7) is 7.50. The Bertz CT molecular complexity index is 473. The largest absolute Gasteiger partial charge is 0.317 e. The minimum absolute atomic E-state index is 0.628. The van der Waals surface area contributed by atoms with Gasteiger partial charge in [-0.3, -0.25) is 4.90 Å². The Morgan fingerprint density at radius 2 is 2.15 bits per heavy atom. The molecule has 2 rings (SSSR count). The van der Waals surface area contributed by atoms with Crippen LogP contribution >= 0.6 is 11.6 Å². The van der Waals surface area contributed by atoms with Crippen molar-refractivity contribution >= 4 is 11.6 Å². The van der Waals surface area contributed by atoms with E-state index in [2.05, 4.69) is 23.2 Å². The van der Waals surface area contributed by atoms with Crippen LogP contribution in [-0.4, -0.2) is 31.1 Å². The second-order valence-electron chi connectivity index (χ2n) is 5.45. The summed E-state index contributed by atoms with van der Waals surface area (Å²) >= 11 is 6.24. The summed E-state index contributed by atoms with van der Waals surface area (Å²) in [5.74, 6) is 0.808. The summed E-state index contributed by atoms with van der Waals surface area (Å²) < 4.78 is 0. The van der Waals surface area contributed by atoms with Gasteiger partial charge in [-0.2, -0.15) is 5.26 Å². The zero-order valence-electron chi connectivity index (χ0n) is 12.0. The Labute approximate surface area is 126 Å². The molecule has 1 saturated heterocycles. The lowest BCUT2D eigenvalue weighted by molar-refractivity contribution is 0.176. The molecular formula is C16H22ClN3. The van der Waals surface area contributed by atoms with Crippen LogP contribution in [0, 0.1) is 17.2 Å². The van der Waals surface area contributed by atoms with E-state index in [9.17, 15) is 0 Å². The lowest BCUT2D eigenvalue weighted by Crippen LogP contribution is -2.36. The van der Waals surface area contributed by atoms with Gasteiger partial charge in [-0.05, 0) is 62.6 Å². The number of nitriles is 1. The number of hydrogen-bond acceptors (Lipinski definition) is 3. The van der Waals surface area contributed by atoms with Gasteiger partial charge in [0.05, 0.1) is 11.6 Å². The summed E-state index contributed by atoms with van der Waals surface area (Å²) in [5.41, 5.74) is 1.75. The molecule has 4 heteroatoms. The van der Waals surface area contributed by atoms with Crippen LogP contribution < -0.4 is 5.32 Å². The minimum Gasteiger partial charge on any atom is -0.317 e. The highest BCUT2D eigenvalue weighted by molar-refractivity contribution is 6.31. The van der Waals surface area contributed by atoms with E-state index >= 15 is 0 Å². The van der Waals surface area contributed by atoms with E-state index in [1.54, 1.807) is 6.07 Å². The van der Waals surface area contributed by atoms with Gasteiger partial charge >= 0.3 is 0 Å². The van der Waals surface area contributed by atoms with Crippen molar-refractivity contribution in [3.8, 4) is 6.07 Å². The van der Waals surface area contributed by atoms with Crippen LogP contribution in [0.15, 0.2) is 18.2 Å². The molecule has 0 spiro atoms. The molecular weight excluding hydrogens is 270 g/mol. The summed E-state index contributed by atoms with van der Waals surface area (Å²) in [5, 5.41) is 13.0. The molecule has 0 bridgehead atoms. The predicted octanol–water partition coefficient (Wildman–Crippen LogP) is 3.03. The molecule has 0 unspecified atom stereocenters. The first-order valence-electron chi connectivity index (χ1n) is 7.34. The van der Waals surface area contributed by atoms with Crippen molar-refractivity contribution in [1.82, 2.24) is 10.2 Å². The van der Waals surface area contributed by atoms with Gasteiger partial charge in [-0.1, -0.05) is 24.6 Å². The van der Waals surface area contributed by atoms with Gasteiger partial charge in [-0.15, -0.1) is 0 Å². The Morgan fingerprint density at radius 3 is 2.75 bits per heavy atom. The third-order valence-electron chi connectivity index (χ3n) is 3.97. The minimum atomic E-state index is 0.628. The first kappa shape index (κ1) is 15.3. The smallest absolute Gasteiger partial charge is 0.0992 e. The highest BCUT2D eigenvalue weighted by Gasteiger charge is 2.19. The zero-order valence-corrected chi connectivity index (χ0v) is 12.8. The topological polar surface area (TPSA) is 39.1 Å². The highest BCUT2D eigenvalue weighted by atomic mass is 35.5. The maximum Gasteiger partial charge on any atom is 0.0992 e. The Hall–Kier alpha value is -1.08. The SMILES string of the molecule is CCNCC1CCN(Cc2ccc(C#N)cc2Cl)CC1. The predicted molar refractivity (Wildman–Crippen MR) is 82.7 cm³/mol. The van der Waals surface area contributed by atoms with Crippen LogP contribution in [0.4, 0.5) is 0 Å². The molecule has 1 aromatic carbocycles. The third-order valence-corrected chi connectivity index (χ3v) is 4.32. The van der Waals surface area contributed by atoms with Crippen LogP contribution in [0.3, 0.4) is 0 Å². The molecule has 0 radical (unpaired) electrons. The molecule has 1 aliphatic heterocycles. The van der Waals surface area contributed by atoms with Crippen molar-refractivity contribution in [2.75, 3.05) is 26.2 Å². The van der Waals surface area contributed by atoms with Crippen molar-refractivity contribution in [1.29, 1.82) is 5.26 Å². The summed E-state index contributed by atoms with van der Waals surface area (Å²) in [6, 6.07) is 7.70. The lowest BCUT2D eigenvalue weighted by Gasteiger charge is -2.32. The number of halogens is 1. The summed E-state index contributed by atoms with van der Waals surface area (Å²) in [6.07, 6.45) is 2.50. The molecule has 1 heterocycles. The maximum absolute atomic E-state index is 8.85. The molecule has 0 aromatic heterocycles. The van der Waals surface area contributed by atoms with Crippen LogP contribution in [0.5, 0.6) is 0 Å². The zero-order chi connectivity index (χ0) is 14.4. The van der Waals surface area contributed by atoms with Gasteiger partial charge < -0.3 is 5.32 Å². The van der Waals surface area contributed by atoms with Gasteiger partial charge in [0.15, 0.2) is 0 Å². The summed E-state index contributed by atoms with van der Waals surface area (Å²) in [4.78, 5) is 2.45. The van der Waals surface area contributed by atoms with E-state index in [1.807, 2.05) is 12.1 Å². The maximum atomic E-state index is 8.85. The molecule has 3 nitrogen and oxygen atoms in total. The first-order chi connectivity index (χ1) is 9.72. The Balaban J connectivity index is 1.85. The molecule has 0 amide bonds. The van der Waals surface area contributed by atoms with E-state index < -0.39 is 0 Å². The molecule has 0 saturated carbocycles. The van der Waals surface area contributed by atoms with Crippen LogP contribution in [0.25, 0.3) is 0 Å². The van der Waals surface area contributed by atoms with Crippen molar-refractivity contribution in [3.05, 3.63) is 34.3 Å². The number of nitrogens with one attached hydrogen (secondary N) is 1. The van der Waals surface area contributed by atoms with Crippen LogP contribution in [0.2, 0.25) is 5.02 Å². The van der Waals surface area contributed by atoms with Gasteiger partial charge in [0.25, 0.3) is 0 Å². The van der Waals surface area contributed by atoms with Crippen molar-refractivity contribution in [3.63, 3.8) is 0 Å². The van der Waals surface area contributed by atoms with E-state index in [1.165, 1.54) is 12.8 Å². The second-order valence-corrected chi connectivity index (χ2v) is 5.85. The van der Waals surface area contributed by atoms with E-state index in [0.29, 0.717) is 10.6 Å². The number of piperidine rings is 1. The highest BCUT2D eigenvalue weighted by Crippen LogP contribution is 2.23. The Kier molecular flexibility index (Phi) is 5.85. The summed E-state index contributed by atoms with van der Waals surface area (Å²) in [7, 11) is 0. The second kappa shape index (κ2) is 7.64. The fourth-order valence-corrected chi connectivity index (χ4v) is 2.92. The van der Waals surface area contributed by atoms with Crippen molar-refractivity contribution < 1.29 is 0 Å². The van der Waals surface area contributed by atoms with Crippen LogP contribution in [0.1, 0.15) is 30.9 Å². The monoisotopic (exact) mass is 291 g/mol. The molecule has 1 aromatic rings. The number of likely N-dealkylation sites (tertiary alicyclic amines) is 1. The Morgan fingerprint density at radius 1 is 1.40 bits per heavy atom. The number of nitrogens with zero attached hydrogens (tertiary/aromatic N) is 2. The van der Waals surface area contributed by atoms with E-state index in [0.717, 1.165) is 44.2 Å². The van der Waals surface area contributed by atoms with Gasteiger partial charge in [0, 0.05) is 11.6 Å². The van der Waals surface area contributed by atoms with E-state index in [4.69, 9.17) is 16.9 Å². The molecule has 1 aliphatic rings. The molecule has 1 N–H and O–H groups in total. The van der Waals surface area contributed by atoms with Gasteiger partial charge in [0.2, 0.25) is 0 Å².